The van der Waals surface area contributed by atoms with Crippen molar-refractivity contribution in [1.82, 2.24) is 4.31 Å². The van der Waals surface area contributed by atoms with E-state index >= 15 is 0 Å². The van der Waals surface area contributed by atoms with Gasteiger partial charge in [-0.2, -0.15) is 4.31 Å². The van der Waals surface area contributed by atoms with Gasteiger partial charge in [0.2, 0.25) is 10.0 Å². The smallest absolute Gasteiger partial charge is 0.243 e. The molecule has 0 saturated carbocycles. The van der Waals surface area contributed by atoms with E-state index in [1.165, 1.54) is 0 Å². The minimum atomic E-state index is -3.65. The molecule has 2 atom stereocenters. The van der Waals surface area contributed by atoms with Crippen LogP contribution in [0.4, 0.5) is 0 Å². The van der Waals surface area contributed by atoms with Crippen molar-refractivity contribution < 1.29 is 13.2 Å². The Bertz CT molecular complexity index is 1080. The fraction of sp³-hybridized carbons (Fsp3) is 0.250. The Balaban J connectivity index is 1.66. The van der Waals surface area contributed by atoms with Crippen LogP contribution >= 0.6 is 15.9 Å². The van der Waals surface area contributed by atoms with Crippen LogP contribution in [0.5, 0.6) is 0 Å². The van der Waals surface area contributed by atoms with Gasteiger partial charge >= 0.3 is 0 Å². The maximum Gasteiger partial charge on any atom is 0.243 e. The molecule has 30 heavy (non-hydrogen) atoms. The molecule has 4 rings (SSSR count). The van der Waals surface area contributed by atoms with E-state index in [1.54, 1.807) is 16.4 Å². The van der Waals surface area contributed by atoms with Crippen molar-refractivity contribution in [3.8, 4) is 0 Å². The first-order chi connectivity index (χ1) is 14.4. The summed E-state index contributed by atoms with van der Waals surface area (Å²) in [4.78, 5) is 0.322. The number of ether oxygens (including phenoxy) is 1. The molecule has 4 nitrogen and oxygen atoms in total. The topological polar surface area (TPSA) is 46.6 Å². The van der Waals surface area contributed by atoms with Gasteiger partial charge in [-0.15, -0.1) is 0 Å². The fourth-order valence-electron chi connectivity index (χ4n) is 3.74. The van der Waals surface area contributed by atoms with Gasteiger partial charge in [0, 0.05) is 11.0 Å². The van der Waals surface area contributed by atoms with Crippen molar-refractivity contribution in [2.24, 2.45) is 0 Å². The molecule has 0 aliphatic carbocycles. The molecule has 0 amide bonds. The summed E-state index contributed by atoms with van der Waals surface area (Å²) in [5.74, 6) is 0. The van der Waals surface area contributed by atoms with Gasteiger partial charge < -0.3 is 4.74 Å². The van der Waals surface area contributed by atoms with Gasteiger partial charge in [0.05, 0.1) is 23.6 Å². The lowest BCUT2D eigenvalue weighted by atomic mass is 10.0. The highest BCUT2D eigenvalue weighted by Gasteiger charge is 2.38. The van der Waals surface area contributed by atoms with Crippen LogP contribution in [0.15, 0.2) is 88.2 Å². The third kappa shape index (κ3) is 4.67. The molecule has 0 unspecified atom stereocenters. The lowest BCUT2D eigenvalue weighted by molar-refractivity contribution is -0.0335. The summed E-state index contributed by atoms with van der Waals surface area (Å²) < 4.78 is 35.9. The molecule has 156 valence electrons. The van der Waals surface area contributed by atoms with E-state index in [4.69, 9.17) is 4.74 Å². The number of aryl methyl sites for hydroxylation is 1. The number of hydrogen-bond donors (Lipinski definition) is 0. The van der Waals surface area contributed by atoms with Crippen LogP contribution in [0, 0.1) is 6.92 Å². The number of halogens is 1. The fourth-order valence-corrected chi connectivity index (χ4v) is 5.62. The minimum absolute atomic E-state index is 0.259. The van der Waals surface area contributed by atoms with E-state index in [-0.39, 0.29) is 18.7 Å². The third-order valence-corrected chi connectivity index (χ3v) is 7.89. The average Bonchev–Trinajstić information content (AvgIpc) is 2.75. The van der Waals surface area contributed by atoms with E-state index in [9.17, 15) is 8.42 Å². The summed E-state index contributed by atoms with van der Waals surface area (Å²) in [6, 6.07) is 24.6. The normalized spacial score (nSPS) is 20.2. The molecule has 3 aromatic carbocycles. The quantitative estimate of drug-likeness (QED) is 0.503. The Kier molecular flexibility index (Phi) is 6.39. The van der Waals surface area contributed by atoms with Gasteiger partial charge in [-0.3, -0.25) is 0 Å². The highest BCUT2D eigenvalue weighted by molar-refractivity contribution is 9.10. The number of hydrogen-bond acceptors (Lipinski definition) is 3. The molecule has 1 aliphatic heterocycles. The van der Waals surface area contributed by atoms with Gasteiger partial charge in [0.15, 0.2) is 0 Å². The molecule has 1 aliphatic rings. The molecular formula is C24H24BrNO3S. The van der Waals surface area contributed by atoms with Gasteiger partial charge in [-0.1, -0.05) is 76.1 Å². The Labute approximate surface area is 186 Å². The second-order valence-corrected chi connectivity index (χ2v) is 10.4. The second-order valence-electron chi connectivity index (χ2n) is 7.60. The summed E-state index contributed by atoms with van der Waals surface area (Å²) in [6.07, 6.45) is 0.310. The summed E-state index contributed by atoms with van der Waals surface area (Å²) >= 11 is 3.45. The van der Waals surface area contributed by atoms with E-state index in [0.717, 1.165) is 21.2 Å². The van der Waals surface area contributed by atoms with Gasteiger partial charge in [0.25, 0.3) is 0 Å². The minimum Gasteiger partial charge on any atom is -0.370 e. The Morgan fingerprint density at radius 2 is 1.63 bits per heavy atom. The predicted molar refractivity (Wildman–Crippen MR) is 122 cm³/mol. The van der Waals surface area contributed by atoms with Crippen LogP contribution in [0.25, 0.3) is 0 Å². The van der Waals surface area contributed by atoms with Gasteiger partial charge in [-0.25, -0.2) is 8.42 Å². The predicted octanol–water partition coefficient (Wildman–Crippen LogP) is 5.13. The lowest BCUT2D eigenvalue weighted by Crippen LogP contribution is -2.50. The molecule has 1 saturated heterocycles. The van der Waals surface area contributed by atoms with E-state index in [2.05, 4.69) is 15.9 Å². The number of morpholine rings is 1. The maximum absolute atomic E-state index is 13.6. The molecule has 3 aromatic rings. The largest absolute Gasteiger partial charge is 0.370 e. The molecule has 1 fully saturated rings. The first-order valence-corrected chi connectivity index (χ1v) is 12.2. The maximum atomic E-state index is 13.6. The first-order valence-electron chi connectivity index (χ1n) is 9.93. The van der Waals surface area contributed by atoms with Crippen LogP contribution < -0.4 is 0 Å². The summed E-state index contributed by atoms with van der Waals surface area (Å²) in [5, 5.41) is 0. The molecule has 1 heterocycles. The summed E-state index contributed by atoms with van der Waals surface area (Å²) in [6.45, 7) is 2.59. The van der Waals surface area contributed by atoms with Crippen molar-refractivity contribution in [3.63, 3.8) is 0 Å². The van der Waals surface area contributed by atoms with Crippen molar-refractivity contribution in [3.05, 3.63) is 100 Å². The van der Waals surface area contributed by atoms with Gasteiger partial charge in [0.1, 0.15) is 0 Å². The molecule has 6 heteroatoms. The van der Waals surface area contributed by atoms with Crippen LogP contribution in [0.3, 0.4) is 0 Å². The second kappa shape index (κ2) is 9.02. The van der Waals surface area contributed by atoms with Crippen LogP contribution in [0.2, 0.25) is 0 Å². The monoisotopic (exact) mass is 485 g/mol. The Hall–Kier alpha value is -1.99. The lowest BCUT2D eigenvalue weighted by Gasteiger charge is -2.39. The first kappa shape index (κ1) is 21.2. The summed E-state index contributed by atoms with van der Waals surface area (Å²) in [5.41, 5.74) is 3.10. The zero-order valence-electron chi connectivity index (χ0n) is 16.7. The standard InChI is InChI=1S/C24H24BrNO3S/c1-18-7-13-23(14-8-18)30(27,28)26-16-24(20-9-11-21(25)12-10-20)29-17-22(26)15-19-5-3-2-4-6-19/h2-14,22,24H,15-17H2,1H3/t22-,24+/m0/s1. The van der Waals surface area contributed by atoms with Crippen LogP contribution in [-0.2, 0) is 21.2 Å². The zero-order valence-corrected chi connectivity index (χ0v) is 19.1. The zero-order chi connectivity index (χ0) is 21.1. The number of rotatable bonds is 5. The van der Waals surface area contributed by atoms with Crippen molar-refractivity contribution in [1.29, 1.82) is 0 Å². The highest BCUT2D eigenvalue weighted by Crippen LogP contribution is 2.31. The number of nitrogens with zero attached hydrogens (tertiary/aromatic N) is 1. The third-order valence-electron chi connectivity index (χ3n) is 5.43. The van der Waals surface area contributed by atoms with Crippen LogP contribution in [0.1, 0.15) is 22.8 Å². The molecule has 0 bridgehead atoms. The van der Waals surface area contributed by atoms with E-state index in [0.29, 0.717) is 17.9 Å². The van der Waals surface area contributed by atoms with Crippen molar-refractivity contribution in [2.45, 2.75) is 30.4 Å². The van der Waals surface area contributed by atoms with Crippen LogP contribution in [-0.4, -0.2) is 31.9 Å². The highest BCUT2D eigenvalue weighted by atomic mass is 79.9. The van der Waals surface area contributed by atoms with E-state index in [1.807, 2.05) is 73.7 Å². The number of sulfonamides is 1. The average molecular weight is 486 g/mol. The molecule has 0 aromatic heterocycles. The summed E-state index contributed by atoms with van der Waals surface area (Å²) in [7, 11) is -3.65. The molecular weight excluding hydrogens is 462 g/mol. The molecule has 0 N–H and O–H groups in total. The molecule has 0 radical (unpaired) electrons. The van der Waals surface area contributed by atoms with E-state index < -0.39 is 10.0 Å². The molecule has 0 spiro atoms. The van der Waals surface area contributed by atoms with Crippen molar-refractivity contribution >= 4 is 26.0 Å². The Morgan fingerprint density at radius 3 is 2.30 bits per heavy atom. The van der Waals surface area contributed by atoms with Crippen molar-refractivity contribution in [2.75, 3.05) is 13.2 Å². The Morgan fingerprint density at radius 1 is 0.967 bits per heavy atom. The SMILES string of the molecule is Cc1ccc(S(=O)(=O)N2C[C@H](c3ccc(Br)cc3)OC[C@@H]2Cc2ccccc2)cc1. The van der Waals surface area contributed by atoms with Gasteiger partial charge in [-0.05, 0) is 48.7 Å². The number of benzene rings is 3.